The Morgan fingerprint density at radius 2 is 1.88 bits per heavy atom. The summed E-state index contributed by atoms with van der Waals surface area (Å²) in [5.41, 5.74) is 6.26. The van der Waals surface area contributed by atoms with E-state index in [0.29, 0.717) is 12.8 Å². The lowest BCUT2D eigenvalue weighted by Gasteiger charge is -2.02. The number of hydrogen-bond acceptors (Lipinski definition) is 2. The molecule has 0 saturated carbocycles. The predicted molar refractivity (Wildman–Crippen MR) is 59.7 cm³/mol. The van der Waals surface area contributed by atoms with E-state index in [2.05, 4.69) is 0 Å². The standard InChI is InChI=1S/C12H13NO3/c13-12(16)10(8-11(14)15)7-6-9-4-2-1-3-5-9/h1-5,8H,6-7H2,(H2,13,16)(H,14,15)/b10-8-. The molecule has 1 aromatic carbocycles. The summed E-state index contributed by atoms with van der Waals surface area (Å²) in [6, 6.07) is 9.50. The first-order chi connectivity index (χ1) is 7.59. The molecule has 0 radical (unpaired) electrons. The first-order valence-corrected chi connectivity index (χ1v) is 4.87. The molecule has 0 heterocycles. The second kappa shape index (κ2) is 5.70. The van der Waals surface area contributed by atoms with Crippen LogP contribution < -0.4 is 5.73 Å². The second-order valence-corrected chi connectivity index (χ2v) is 3.36. The molecule has 4 heteroatoms. The molecule has 0 aliphatic heterocycles. The Labute approximate surface area is 93.4 Å². The van der Waals surface area contributed by atoms with Crippen molar-refractivity contribution in [1.29, 1.82) is 0 Å². The van der Waals surface area contributed by atoms with Crippen LogP contribution in [0.4, 0.5) is 0 Å². The van der Waals surface area contributed by atoms with Crippen LogP contribution in [-0.4, -0.2) is 17.0 Å². The van der Waals surface area contributed by atoms with Gasteiger partial charge < -0.3 is 10.8 Å². The van der Waals surface area contributed by atoms with Gasteiger partial charge in [-0.15, -0.1) is 0 Å². The number of carbonyl (C=O) groups excluding carboxylic acids is 1. The topological polar surface area (TPSA) is 80.4 Å². The maximum absolute atomic E-state index is 10.9. The molecule has 0 bridgehead atoms. The van der Waals surface area contributed by atoms with Gasteiger partial charge in [0.15, 0.2) is 0 Å². The fraction of sp³-hybridized carbons (Fsp3) is 0.167. The molecule has 16 heavy (non-hydrogen) atoms. The van der Waals surface area contributed by atoms with Gasteiger partial charge in [0.1, 0.15) is 0 Å². The molecule has 3 N–H and O–H groups in total. The van der Waals surface area contributed by atoms with Crippen molar-refractivity contribution in [2.75, 3.05) is 0 Å². The molecule has 1 rings (SSSR count). The maximum Gasteiger partial charge on any atom is 0.328 e. The molecular formula is C12H13NO3. The summed E-state index contributed by atoms with van der Waals surface area (Å²) in [7, 11) is 0. The van der Waals surface area contributed by atoms with Crippen LogP contribution in [0.25, 0.3) is 0 Å². The molecule has 84 valence electrons. The number of carboxylic acids is 1. The van der Waals surface area contributed by atoms with Gasteiger partial charge in [0.25, 0.3) is 0 Å². The van der Waals surface area contributed by atoms with Crippen molar-refractivity contribution in [1.82, 2.24) is 0 Å². The predicted octanol–water partition coefficient (Wildman–Crippen LogP) is 1.12. The van der Waals surface area contributed by atoms with E-state index in [-0.39, 0.29) is 5.57 Å². The van der Waals surface area contributed by atoms with E-state index in [9.17, 15) is 9.59 Å². The Kier molecular flexibility index (Phi) is 4.27. The average molecular weight is 219 g/mol. The molecule has 1 aromatic rings. The van der Waals surface area contributed by atoms with E-state index >= 15 is 0 Å². The largest absolute Gasteiger partial charge is 0.478 e. The molecule has 0 unspecified atom stereocenters. The third-order valence-electron chi connectivity index (χ3n) is 2.14. The first kappa shape index (κ1) is 12.0. The Morgan fingerprint density at radius 1 is 1.25 bits per heavy atom. The molecule has 0 fully saturated rings. The Balaban J connectivity index is 2.65. The van der Waals surface area contributed by atoms with E-state index < -0.39 is 11.9 Å². The lowest BCUT2D eigenvalue weighted by molar-refractivity contribution is -0.131. The molecule has 0 spiro atoms. The van der Waals surface area contributed by atoms with Crippen molar-refractivity contribution >= 4 is 11.9 Å². The number of hydrogen-bond donors (Lipinski definition) is 2. The summed E-state index contributed by atoms with van der Waals surface area (Å²) in [6.45, 7) is 0. The smallest absolute Gasteiger partial charge is 0.328 e. The Bertz CT molecular complexity index is 410. The van der Waals surface area contributed by atoms with Crippen LogP contribution in [0.15, 0.2) is 42.0 Å². The number of primary amides is 1. The van der Waals surface area contributed by atoms with Crippen LogP contribution in [0.2, 0.25) is 0 Å². The number of benzene rings is 1. The van der Waals surface area contributed by atoms with Crippen molar-refractivity contribution in [3.8, 4) is 0 Å². The highest BCUT2D eigenvalue weighted by Gasteiger charge is 2.07. The lowest BCUT2D eigenvalue weighted by Crippen LogP contribution is -2.15. The number of carbonyl (C=O) groups is 2. The van der Waals surface area contributed by atoms with Crippen LogP contribution in [0.1, 0.15) is 12.0 Å². The van der Waals surface area contributed by atoms with E-state index in [1.807, 2.05) is 30.3 Å². The van der Waals surface area contributed by atoms with Crippen LogP contribution in [0, 0.1) is 0 Å². The zero-order valence-corrected chi connectivity index (χ0v) is 8.72. The summed E-state index contributed by atoms with van der Waals surface area (Å²) in [4.78, 5) is 21.4. The number of aryl methyl sites for hydroxylation is 1. The number of rotatable bonds is 5. The molecule has 1 amide bonds. The lowest BCUT2D eigenvalue weighted by atomic mass is 10.0. The first-order valence-electron chi connectivity index (χ1n) is 4.87. The molecule has 0 aliphatic carbocycles. The van der Waals surface area contributed by atoms with Crippen LogP contribution in [0.3, 0.4) is 0 Å². The number of amides is 1. The number of aliphatic carboxylic acids is 1. The number of carboxylic acid groups (broad SMARTS) is 1. The summed E-state index contributed by atoms with van der Waals surface area (Å²) >= 11 is 0. The van der Waals surface area contributed by atoms with Gasteiger partial charge in [0, 0.05) is 11.6 Å². The minimum absolute atomic E-state index is 0.136. The van der Waals surface area contributed by atoms with Crippen LogP contribution in [-0.2, 0) is 16.0 Å². The van der Waals surface area contributed by atoms with Gasteiger partial charge in [-0.1, -0.05) is 30.3 Å². The summed E-state index contributed by atoms with van der Waals surface area (Å²) < 4.78 is 0. The third-order valence-corrected chi connectivity index (χ3v) is 2.14. The monoisotopic (exact) mass is 219 g/mol. The molecular weight excluding hydrogens is 206 g/mol. The van der Waals surface area contributed by atoms with Gasteiger partial charge in [-0.25, -0.2) is 4.79 Å². The van der Waals surface area contributed by atoms with Crippen molar-refractivity contribution in [2.24, 2.45) is 5.73 Å². The highest BCUT2D eigenvalue weighted by molar-refractivity contribution is 5.97. The normalized spacial score (nSPS) is 11.1. The SMILES string of the molecule is NC(=O)/C(=C\C(=O)O)CCc1ccccc1. The number of nitrogens with two attached hydrogens (primary N) is 1. The Hall–Kier alpha value is -2.10. The van der Waals surface area contributed by atoms with E-state index in [0.717, 1.165) is 11.6 Å². The van der Waals surface area contributed by atoms with Crippen molar-refractivity contribution in [3.63, 3.8) is 0 Å². The summed E-state index contributed by atoms with van der Waals surface area (Å²) in [6.07, 6.45) is 1.81. The summed E-state index contributed by atoms with van der Waals surface area (Å²) in [5, 5.41) is 8.55. The van der Waals surface area contributed by atoms with Gasteiger partial charge in [-0.2, -0.15) is 0 Å². The van der Waals surface area contributed by atoms with Gasteiger partial charge in [0.05, 0.1) is 0 Å². The van der Waals surface area contributed by atoms with E-state index in [4.69, 9.17) is 10.8 Å². The van der Waals surface area contributed by atoms with Crippen LogP contribution in [0.5, 0.6) is 0 Å². The van der Waals surface area contributed by atoms with Gasteiger partial charge >= 0.3 is 5.97 Å². The third kappa shape index (κ3) is 3.96. The van der Waals surface area contributed by atoms with Crippen molar-refractivity contribution in [3.05, 3.63) is 47.5 Å². The molecule has 0 saturated heterocycles. The quantitative estimate of drug-likeness (QED) is 0.728. The van der Waals surface area contributed by atoms with Gasteiger partial charge in [0.2, 0.25) is 5.91 Å². The van der Waals surface area contributed by atoms with Crippen LogP contribution >= 0.6 is 0 Å². The van der Waals surface area contributed by atoms with E-state index in [1.165, 1.54) is 0 Å². The minimum Gasteiger partial charge on any atom is -0.478 e. The highest BCUT2D eigenvalue weighted by Crippen LogP contribution is 2.08. The highest BCUT2D eigenvalue weighted by atomic mass is 16.4. The fourth-order valence-corrected chi connectivity index (χ4v) is 1.34. The molecule has 0 aromatic heterocycles. The molecule has 0 atom stereocenters. The summed E-state index contributed by atoms with van der Waals surface area (Å²) in [5.74, 6) is -1.83. The van der Waals surface area contributed by atoms with E-state index in [1.54, 1.807) is 0 Å². The molecule has 4 nitrogen and oxygen atoms in total. The second-order valence-electron chi connectivity index (χ2n) is 3.36. The maximum atomic E-state index is 10.9. The zero-order valence-electron chi connectivity index (χ0n) is 8.72. The zero-order chi connectivity index (χ0) is 12.0. The fourth-order valence-electron chi connectivity index (χ4n) is 1.34. The van der Waals surface area contributed by atoms with Gasteiger partial charge in [-0.3, -0.25) is 4.79 Å². The minimum atomic E-state index is -1.15. The van der Waals surface area contributed by atoms with Gasteiger partial charge in [-0.05, 0) is 18.4 Å². The molecule has 0 aliphatic rings. The Morgan fingerprint density at radius 3 is 2.38 bits per heavy atom. The van der Waals surface area contributed by atoms with Crippen molar-refractivity contribution < 1.29 is 14.7 Å². The van der Waals surface area contributed by atoms with Crippen molar-refractivity contribution in [2.45, 2.75) is 12.8 Å². The average Bonchev–Trinajstić information content (AvgIpc) is 2.25.